The second-order valence-electron chi connectivity index (χ2n) is 9.16. The average Bonchev–Trinajstić information content (AvgIpc) is 3.42. The van der Waals surface area contributed by atoms with Gasteiger partial charge in [0.2, 0.25) is 11.8 Å². The Balaban J connectivity index is 1.42. The van der Waals surface area contributed by atoms with Gasteiger partial charge in [-0.05, 0) is 38.2 Å². The van der Waals surface area contributed by atoms with Crippen molar-refractivity contribution in [1.29, 1.82) is 0 Å². The zero-order valence-electron chi connectivity index (χ0n) is 17.4. The van der Waals surface area contributed by atoms with Crippen LogP contribution in [0.15, 0.2) is 24.3 Å². The zero-order chi connectivity index (χ0) is 20.8. The van der Waals surface area contributed by atoms with Crippen LogP contribution < -0.4 is 5.32 Å². The number of benzene rings is 1. The molecule has 3 atom stereocenters. The maximum Gasteiger partial charge on any atom is 0.261 e. The van der Waals surface area contributed by atoms with Crippen LogP contribution in [0.25, 0.3) is 0 Å². The van der Waals surface area contributed by atoms with Gasteiger partial charge in [-0.15, -0.1) is 0 Å². The van der Waals surface area contributed by atoms with Gasteiger partial charge in [0.1, 0.15) is 6.54 Å². The number of carbonyl (C=O) groups excluding carboxylic acids is 3. The summed E-state index contributed by atoms with van der Waals surface area (Å²) in [6.45, 7) is 2.03. The Morgan fingerprint density at radius 2 is 1.73 bits per heavy atom. The van der Waals surface area contributed by atoms with Crippen molar-refractivity contribution in [2.24, 2.45) is 5.92 Å². The highest BCUT2D eigenvalue weighted by Crippen LogP contribution is 2.46. The standard InChI is InChI=1S/C23H29N3O4/c1-14-7-9-15(10-8-14)20-19-21(30-25(20)13-18(27)24-16-11-12-16)23(29)26(22(19)28)17-5-3-2-4-6-17/h7-10,16-17,19-21H,2-6,11-13H2,1H3,(H,24,27). The van der Waals surface area contributed by atoms with Crippen molar-refractivity contribution in [3.8, 4) is 0 Å². The van der Waals surface area contributed by atoms with Crippen molar-refractivity contribution in [2.75, 3.05) is 6.54 Å². The molecule has 2 saturated heterocycles. The topological polar surface area (TPSA) is 79.0 Å². The Morgan fingerprint density at radius 3 is 2.40 bits per heavy atom. The Kier molecular flexibility index (Phi) is 5.11. The molecule has 160 valence electrons. The van der Waals surface area contributed by atoms with Crippen molar-refractivity contribution in [2.45, 2.75) is 76.1 Å². The van der Waals surface area contributed by atoms with E-state index in [4.69, 9.17) is 4.84 Å². The highest BCUT2D eigenvalue weighted by molar-refractivity contribution is 6.07. The molecule has 4 fully saturated rings. The largest absolute Gasteiger partial charge is 0.352 e. The molecule has 2 aliphatic carbocycles. The number of hydrogen-bond donors (Lipinski definition) is 1. The summed E-state index contributed by atoms with van der Waals surface area (Å²) in [4.78, 5) is 46.6. The number of hydrogen-bond acceptors (Lipinski definition) is 5. The summed E-state index contributed by atoms with van der Waals surface area (Å²) in [5.74, 6) is -1.11. The van der Waals surface area contributed by atoms with Crippen molar-refractivity contribution in [3.63, 3.8) is 0 Å². The van der Waals surface area contributed by atoms with Gasteiger partial charge in [-0.2, -0.15) is 5.06 Å². The van der Waals surface area contributed by atoms with Gasteiger partial charge in [0.15, 0.2) is 6.10 Å². The number of imide groups is 1. The lowest BCUT2D eigenvalue weighted by Crippen LogP contribution is -2.45. The fourth-order valence-corrected chi connectivity index (χ4v) is 5.11. The minimum atomic E-state index is -0.834. The lowest BCUT2D eigenvalue weighted by molar-refractivity contribution is -0.184. The SMILES string of the molecule is Cc1ccc(C2C3C(=O)N(C4CCCCC4)C(=O)C3ON2CC(=O)NC2CC2)cc1. The van der Waals surface area contributed by atoms with E-state index in [0.29, 0.717) is 0 Å². The van der Waals surface area contributed by atoms with E-state index in [1.54, 1.807) is 5.06 Å². The summed E-state index contributed by atoms with van der Waals surface area (Å²) in [5.41, 5.74) is 2.02. The number of rotatable bonds is 5. The molecule has 2 saturated carbocycles. The summed E-state index contributed by atoms with van der Waals surface area (Å²) in [6.07, 6.45) is 6.18. The van der Waals surface area contributed by atoms with Crippen molar-refractivity contribution in [1.82, 2.24) is 15.3 Å². The fourth-order valence-electron chi connectivity index (χ4n) is 5.11. The van der Waals surface area contributed by atoms with Gasteiger partial charge in [0.25, 0.3) is 5.91 Å². The minimum Gasteiger partial charge on any atom is -0.352 e. The molecule has 0 bridgehead atoms. The van der Waals surface area contributed by atoms with Gasteiger partial charge < -0.3 is 5.32 Å². The van der Waals surface area contributed by atoms with E-state index in [0.717, 1.165) is 56.1 Å². The Bertz CT molecular complexity index is 845. The number of nitrogens with zero attached hydrogens (tertiary/aromatic N) is 2. The van der Waals surface area contributed by atoms with Crippen LogP contribution in [0.4, 0.5) is 0 Å². The molecule has 1 N–H and O–H groups in total. The monoisotopic (exact) mass is 411 g/mol. The number of likely N-dealkylation sites (tertiary alicyclic amines) is 1. The van der Waals surface area contributed by atoms with Crippen LogP contribution >= 0.6 is 0 Å². The van der Waals surface area contributed by atoms with E-state index in [1.165, 1.54) is 4.90 Å². The van der Waals surface area contributed by atoms with E-state index < -0.39 is 18.1 Å². The van der Waals surface area contributed by atoms with Crippen LogP contribution in [0.1, 0.15) is 62.1 Å². The molecule has 2 heterocycles. The molecule has 3 unspecified atom stereocenters. The first kappa shape index (κ1) is 19.7. The number of nitrogens with one attached hydrogen (secondary N) is 1. The highest BCUT2D eigenvalue weighted by atomic mass is 16.7. The molecule has 4 aliphatic rings. The number of hydroxylamine groups is 2. The van der Waals surface area contributed by atoms with E-state index in [1.807, 2.05) is 31.2 Å². The molecule has 5 rings (SSSR count). The molecule has 0 radical (unpaired) electrons. The quantitative estimate of drug-likeness (QED) is 0.752. The van der Waals surface area contributed by atoms with E-state index >= 15 is 0 Å². The molecule has 7 heteroatoms. The van der Waals surface area contributed by atoms with Crippen LogP contribution in [-0.4, -0.2) is 52.4 Å². The lowest BCUT2D eigenvalue weighted by Gasteiger charge is -2.32. The highest BCUT2D eigenvalue weighted by Gasteiger charge is 2.60. The van der Waals surface area contributed by atoms with Crippen molar-refractivity contribution in [3.05, 3.63) is 35.4 Å². The predicted molar refractivity (Wildman–Crippen MR) is 109 cm³/mol. The molecule has 3 amide bonds. The fraction of sp³-hybridized carbons (Fsp3) is 0.609. The van der Waals surface area contributed by atoms with Gasteiger partial charge in [-0.25, -0.2) is 0 Å². The smallest absolute Gasteiger partial charge is 0.261 e. The summed E-state index contributed by atoms with van der Waals surface area (Å²) in [5, 5.41) is 4.53. The number of amides is 3. The molecule has 1 aromatic rings. The third-order valence-electron chi connectivity index (χ3n) is 6.83. The van der Waals surface area contributed by atoms with E-state index in [9.17, 15) is 14.4 Å². The molecule has 1 aromatic carbocycles. The lowest BCUT2D eigenvalue weighted by atomic mass is 9.90. The molecular weight excluding hydrogens is 382 g/mol. The minimum absolute atomic E-state index is 0.0155. The Labute approximate surface area is 176 Å². The predicted octanol–water partition coefficient (Wildman–Crippen LogP) is 2.25. The molecule has 0 spiro atoms. The molecule has 2 aliphatic heterocycles. The second kappa shape index (κ2) is 7.78. The maximum absolute atomic E-state index is 13.5. The third-order valence-corrected chi connectivity index (χ3v) is 6.83. The van der Waals surface area contributed by atoms with Gasteiger partial charge in [0, 0.05) is 12.1 Å². The molecule has 30 heavy (non-hydrogen) atoms. The normalized spacial score (nSPS) is 30.0. The first-order chi connectivity index (χ1) is 14.5. The maximum atomic E-state index is 13.5. The van der Waals surface area contributed by atoms with Crippen LogP contribution in [-0.2, 0) is 19.2 Å². The molecule has 7 nitrogen and oxygen atoms in total. The first-order valence-corrected chi connectivity index (χ1v) is 11.2. The number of aryl methyl sites for hydroxylation is 1. The van der Waals surface area contributed by atoms with Crippen molar-refractivity contribution >= 4 is 17.7 Å². The molecule has 0 aromatic heterocycles. The van der Waals surface area contributed by atoms with E-state index in [2.05, 4.69) is 5.32 Å². The number of fused-ring (bicyclic) bond motifs is 1. The molecular formula is C23H29N3O4. The Hall–Kier alpha value is -2.25. The van der Waals surface area contributed by atoms with Crippen LogP contribution in [0, 0.1) is 12.8 Å². The van der Waals surface area contributed by atoms with Gasteiger partial charge >= 0.3 is 0 Å². The Morgan fingerprint density at radius 1 is 1.03 bits per heavy atom. The second-order valence-corrected chi connectivity index (χ2v) is 9.16. The van der Waals surface area contributed by atoms with Crippen LogP contribution in [0.3, 0.4) is 0 Å². The van der Waals surface area contributed by atoms with E-state index in [-0.39, 0.29) is 36.3 Å². The summed E-state index contributed by atoms with van der Waals surface area (Å²) in [6, 6.07) is 7.72. The summed E-state index contributed by atoms with van der Waals surface area (Å²) >= 11 is 0. The van der Waals surface area contributed by atoms with Crippen molar-refractivity contribution < 1.29 is 19.2 Å². The number of carbonyl (C=O) groups is 3. The van der Waals surface area contributed by atoms with Gasteiger partial charge in [0.05, 0.1) is 12.0 Å². The zero-order valence-corrected chi connectivity index (χ0v) is 17.4. The summed E-state index contributed by atoms with van der Waals surface area (Å²) < 4.78 is 0. The van der Waals surface area contributed by atoms with Gasteiger partial charge in [-0.1, -0.05) is 49.1 Å². The first-order valence-electron chi connectivity index (χ1n) is 11.2. The third kappa shape index (κ3) is 3.54. The summed E-state index contributed by atoms with van der Waals surface area (Å²) in [7, 11) is 0. The van der Waals surface area contributed by atoms with Gasteiger partial charge in [-0.3, -0.25) is 24.1 Å². The average molecular weight is 412 g/mol. The van der Waals surface area contributed by atoms with Crippen LogP contribution in [0.5, 0.6) is 0 Å². The van der Waals surface area contributed by atoms with Crippen LogP contribution in [0.2, 0.25) is 0 Å².